The molecule has 2 unspecified atom stereocenters. The average molecular weight is 230 g/mol. The van der Waals surface area contributed by atoms with Crippen LogP contribution in [0.2, 0.25) is 0 Å². The summed E-state index contributed by atoms with van der Waals surface area (Å²) in [5, 5.41) is 3.43. The molecular weight excluding hydrogens is 212 g/mol. The SMILES string of the molecule is c1ccc(CC2CN=C(C3CCCN3)O2)cc1. The predicted octanol–water partition coefficient (Wildman–Crippen LogP) is 1.78. The Labute approximate surface area is 102 Å². The first-order valence-electron chi connectivity index (χ1n) is 6.40. The monoisotopic (exact) mass is 230 g/mol. The standard InChI is InChI=1S/C14H18N2O/c1-2-5-11(6-3-1)9-12-10-16-14(17-12)13-7-4-8-15-13/h1-3,5-6,12-13,15H,4,7-10H2. The fourth-order valence-corrected chi connectivity index (χ4v) is 2.51. The summed E-state index contributed by atoms with van der Waals surface area (Å²) in [6.07, 6.45) is 3.59. The third kappa shape index (κ3) is 2.50. The molecule has 3 heteroatoms. The first kappa shape index (κ1) is 10.8. The van der Waals surface area contributed by atoms with Crippen LogP contribution in [0.3, 0.4) is 0 Å². The van der Waals surface area contributed by atoms with Gasteiger partial charge in [-0.2, -0.15) is 0 Å². The van der Waals surface area contributed by atoms with Crippen LogP contribution >= 0.6 is 0 Å². The van der Waals surface area contributed by atoms with Gasteiger partial charge in [0.2, 0.25) is 5.90 Å². The van der Waals surface area contributed by atoms with E-state index in [1.165, 1.54) is 12.0 Å². The fraction of sp³-hybridized carbons (Fsp3) is 0.500. The lowest BCUT2D eigenvalue weighted by Gasteiger charge is -2.14. The molecule has 0 saturated carbocycles. The third-order valence-electron chi connectivity index (χ3n) is 3.40. The second-order valence-corrected chi connectivity index (χ2v) is 4.76. The molecule has 2 aliphatic heterocycles. The van der Waals surface area contributed by atoms with Crippen LogP contribution in [-0.4, -0.2) is 31.1 Å². The van der Waals surface area contributed by atoms with E-state index in [2.05, 4.69) is 34.6 Å². The van der Waals surface area contributed by atoms with Gasteiger partial charge in [0, 0.05) is 6.42 Å². The van der Waals surface area contributed by atoms with Crippen LogP contribution in [0.4, 0.5) is 0 Å². The largest absolute Gasteiger partial charge is 0.474 e. The summed E-state index contributed by atoms with van der Waals surface area (Å²) in [5.41, 5.74) is 1.33. The molecule has 0 bridgehead atoms. The van der Waals surface area contributed by atoms with E-state index in [1.807, 2.05) is 6.07 Å². The maximum absolute atomic E-state index is 5.94. The van der Waals surface area contributed by atoms with Crippen LogP contribution < -0.4 is 5.32 Å². The van der Waals surface area contributed by atoms with Crippen molar-refractivity contribution < 1.29 is 4.74 Å². The van der Waals surface area contributed by atoms with Crippen LogP contribution in [0.15, 0.2) is 35.3 Å². The smallest absolute Gasteiger partial charge is 0.201 e. The van der Waals surface area contributed by atoms with Crippen molar-refractivity contribution in [3.8, 4) is 0 Å². The summed E-state index contributed by atoms with van der Waals surface area (Å²) < 4.78 is 5.94. The first-order valence-corrected chi connectivity index (χ1v) is 6.40. The van der Waals surface area contributed by atoms with Gasteiger partial charge in [-0.15, -0.1) is 0 Å². The highest BCUT2D eigenvalue weighted by Crippen LogP contribution is 2.17. The predicted molar refractivity (Wildman–Crippen MR) is 68.3 cm³/mol. The van der Waals surface area contributed by atoms with E-state index in [4.69, 9.17) is 4.74 Å². The summed E-state index contributed by atoms with van der Waals surface area (Å²) in [6, 6.07) is 10.9. The quantitative estimate of drug-likeness (QED) is 0.858. The zero-order valence-electron chi connectivity index (χ0n) is 9.93. The number of benzene rings is 1. The molecule has 0 spiro atoms. The van der Waals surface area contributed by atoms with Crippen molar-refractivity contribution in [2.45, 2.75) is 31.4 Å². The van der Waals surface area contributed by atoms with Crippen molar-refractivity contribution in [1.29, 1.82) is 0 Å². The number of nitrogens with zero attached hydrogens (tertiary/aromatic N) is 1. The molecule has 2 aliphatic rings. The maximum Gasteiger partial charge on any atom is 0.201 e. The van der Waals surface area contributed by atoms with E-state index in [0.717, 1.165) is 31.8 Å². The minimum atomic E-state index is 0.231. The van der Waals surface area contributed by atoms with Gasteiger partial charge >= 0.3 is 0 Å². The Hall–Kier alpha value is -1.35. The Morgan fingerprint density at radius 1 is 1.29 bits per heavy atom. The van der Waals surface area contributed by atoms with Crippen molar-refractivity contribution in [3.05, 3.63) is 35.9 Å². The van der Waals surface area contributed by atoms with Crippen LogP contribution in [0.25, 0.3) is 0 Å². The normalized spacial score (nSPS) is 27.9. The summed E-state index contributed by atoms with van der Waals surface area (Å²) in [7, 11) is 0. The minimum absolute atomic E-state index is 0.231. The number of hydrogen-bond acceptors (Lipinski definition) is 3. The molecule has 2 atom stereocenters. The molecular formula is C14H18N2O. The lowest BCUT2D eigenvalue weighted by molar-refractivity contribution is 0.214. The topological polar surface area (TPSA) is 33.6 Å². The third-order valence-corrected chi connectivity index (χ3v) is 3.40. The molecule has 3 rings (SSSR count). The maximum atomic E-state index is 5.94. The fourth-order valence-electron chi connectivity index (χ4n) is 2.51. The molecule has 1 aromatic carbocycles. The molecule has 1 aromatic rings. The van der Waals surface area contributed by atoms with Crippen molar-refractivity contribution >= 4 is 5.90 Å². The van der Waals surface area contributed by atoms with Crippen LogP contribution in [-0.2, 0) is 11.2 Å². The summed E-state index contributed by atoms with van der Waals surface area (Å²) in [6.45, 7) is 1.90. The molecule has 0 radical (unpaired) electrons. The van der Waals surface area contributed by atoms with Gasteiger partial charge in [-0.3, -0.25) is 4.99 Å². The average Bonchev–Trinajstić information content (AvgIpc) is 3.00. The Morgan fingerprint density at radius 2 is 2.18 bits per heavy atom. The Morgan fingerprint density at radius 3 is 2.94 bits per heavy atom. The van der Waals surface area contributed by atoms with Gasteiger partial charge in [0.1, 0.15) is 6.10 Å². The second-order valence-electron chi connectivity index (χ2n) is 4.76. The Bertz CT molecular complexity index is 396. The van der Waals surface area contributed by atoms with E-state index >= 15 is 0 Å². The second kappa shape index (κ2) is 4.88. The molecule has 0 aromatic heterocycles. The van der Waals surface area contributed by atoms with Gasteiger partial charge < -0.3 is 10.1 Å². The van der Waals surface area contributed by atoms with Gasteiger partial charge in [-0.05, 0) is 24.9 Å². The molecule has 3 nitrogen and oxygen atoms in total. The highest BCUT2D eigenvalue weighted by Gasteiger charge is 2.28. The molecule has 0 amide bonds. The van der Waals surface area contributed by atoms with E-state index in [1.54, 1.807) is 0 Å². The minimum Gasteiger partial charge on any atom is -0.474 e. The molecule has 2 heterocycles. The van der Waals surface area contributed by atoms with E-state index < -0.39 is 0 Å². The molecule has 90 valence electrons. The molecule has 17 heavy (non-hydrogen) atoms. The van der Waals surface area contributed by atoms with Crippen LogP contribution in [0.5, 0.6) is 0 Å². The summed E-state index contributed by atoms with van der Waals surface area (Å²) >= 11 is 0. The summed E-state index contributed by atoms with van der Waals surface area (Å²) in [4.78, 5) is 4.53. The van der Waals surface area contributed by atoms with Crippen LogP contribution in [0, 0.1) is 0 Å². The van der Waals surface area contributed by atoms with Crippen LogP contribution in [0.1, 0.15) is 18.4 Å². The lowest BCUT2D eigenvalue weighted by Crippen LogP contribution is -2.32. The molecule has 1 fully saturated rings. The van der Waals surface area contributed by atoms with Crippen molar-refractivity contribution in [2.75, 3.05) is 13.1 Å². The first-order chi connectivity index (χ1) is 8.42. The van der Waals surface area contributed by atoms with Crippen molar-refractivity contribution in [3.63, 3.8) is 0 Å². The van der Waals surface area contributed by atoms with Gasteiger partial charge in [-0.1, -0.05) is 30.3 Å². The van der Waals surface area contributed by atoms with E-state index in [9.17, 15) is 0 Å². The number of hydrogen-bond donors (Lipinski definition) is 1. The number of rotatable bonds is 3. The van der Waals surface area contributed by atoms with Gasteiger partial charge in [0.15, 0.2) is 0 Å². The van der Waals surface area contributed by atoms with Gasteiger partial charge in [-0.25, -0.2) is 0 Å². The van der Waals surface area contributed by atoms with E-state index in [0.29, 0.717) is 6.04 Å². The number of nitrogens with one attached hydrogen (secondary N) is 1. The number of aliphatic imine (C=N–C) groups is 1. The van der Waals surface area contributed by atoms with Crippen molar-refractivity contribution in [2.24, 2.45) is 4.99 Å². The molecule has 0 aliphatic carbocycles. The van der Waals surface area contributed by atoms with Gasteiger partial charge in [0.05, 0.1) is 12.6 Å². The summed E-state index contributed by atoms with van der Waals surface area (Å²) in [5.74, 6) is 0.934. The Kier molecular flexibility index (Phi) is 3.10. The zero-order valence-corrected chi connectivity index (χ0v) is 9.93. The number of ether oxygens (including phenoxy) is 1. The van der Waals surface area contributed by atoms with Gasteiger partial charge in [0.25, 0.3) is 0 Å². The van der Waals surface area contributed by atoms with E-state index in [-0.39, 0.29) is 6.10 Å². The Balaban J connectivity index is 1.56. The highest BCUT2D eigenvalue weighted by atomic mass is 16.5. The zero-order chi connectivity index (χ0) is 11.5. The van der Waals surface area contributed by atoms with Crippen molar-refractivity contribution in [1.82, 2.24) is 5.32 Å². The highest BCUT2D eigenvalue weighted by molar-refractivity contribution is 5.83. The molecule has 1 N–H and O–H groups in total. The lowest BCUT2D eigenvalue weighted by atomic mass is 10.1. The molecule has 1 saturated heterocycles.